The molecule has 1 atom stereocenters. The molecule has 6 nitrogen and oxygen atoms in total. The summed E-state index contributed by atoms with van der Waals surface area (Å²) in [5.74, 6) is 1.00. The van der Waals surface area contributed by atoms with Gasteiger partial charge in [-0.3, -0.25) is 4.79 Å². The Balaban J connectivity index is 1.51. The van der Waals surface area contributed by atoms with Crippen molar-refractivity contribution in [3.8, 4) is 11.5 Å². The average molecular weight is 463 g/mol. The van der Waals surface area contributed by atoms with Crippen LogP contribution in [0.5, 0.6) is 11.5 Å². The van der Waals surface area contributed by atoms with Gasteiger partial charge in [-0.15, -0.1) is 0 Å². The van der Waals surface area contributed by atoms with Crippen LogP contribution >= 0.6 is 0 Å². The van der Waals surface area contributed by atoms with Crippen molar-refractivity contribution in [2.24, 2.45) is 0 Å². The van der Waals surface area contributed by atoms with Gasteiger partial charge in [-0.1, -0.05) is 31.0 Å². The summed E-state index contributed by atoms with van der Waals surface area (Å²) in [6.07, 6.45) is 10.00. The van der Waals surface area contributed by atoms with Crippen molar-refractivity contribution in [1.29, 1.82) is 0 Å². The van der Waals surface area contributed by atoms with Gasteiger partial charge in [0.05, 0.1) is 20.3 Å². The number of para-hydroxylation sites is 1. The van der Waals surface area contributed by atoms with E-state index in [1.807, 2.05) is 30.5 Å². The first-order valence-electron chi connectivity index (χ1n) is 12.0. The maximum Gasteiger partial charge on any atom is 0.185 e. The Kier molecular flexibility index (Phi) is 8.03. The Hall–Kier alpha value is -3.09. The van der Waals surface area contributed by atoms with E-state index in [-0.39, 0.29) is 5.78 Å². The van der Waals surface area contributed by atoms with Crippen molar-refractivity contribution in [3.05, 3.63) is 65.9 Å². The topological polar surface area (TPSA) is 63.9 Å². The number of aromatic nitrogens is 1. The molecule has 3 aromatic rings. The van der Waals surface area contributed by atoms with Gasteiger partial charge in [0.2, 0.25) is 0 Å². The highest BCUT2D eigenvalue weighted by Gasteiger charge is 2.16. The molecule has 0 bridgehead atoms. The third-order valence-electron chi connectivity index (χ3n) is 6.48. The number of ketones is 1. The fraction of sp³-hybridized carbons (Fsp3) is 0.393. The van der Waals surface area contributed by atoms with E-state index in [2.05, 4.69) is 15.5 Å². The SMILES string of the molecule is COc1ccc(C(=O)/C=C/c2cn(C[C@@H](O)CN3CCCCCC3)c3ccccc23)cc1OC. The predicted molar refractivity (Wildman–Crippen MR) is 136 cm³/mol. The highest BCUT2D eigenvalue weighted by Crippen LogP contribution is 2.28. The normalized spacial score (nSPS) is 16.0. The van der Waals surface area contributed by atoms with E-state index in [4.69, 9.17) is 9.47 Å². The fourth-order valence-electron chi connectivity index (χ4n) is 4.71. The monoisotopic (exact) mass is 462 g/mol. The van der Waals surface area contributed by atoms with Gasteiger partial charge < -0.3 is 24.0 Å². The Morgan fingerprint density at radius 3 is 2.47 bits per heavy atom. The number of hydrogen-bond acceptors (Lipinski definition) is 5. The number of aliphatic hydroxyl groups excluding tert-OH is 1. The van der Waals surface area contributed by atoms with Crippen LogP contribution in [0.3, 0.4) is 0 Å². The van der Waals surface area contributed by atoms with Gasteiger partial charge in [0.15, 0.2) is 17.3 Å². The second kappa shape index (κ2) is 11.4. The molecular weight excluding hydrogens is 428 g/mol. The minimum absolute atomic E-state index is 0.112. The number of carbonyl (C=O) groups is 1. The molecule has 1 aliphatic heterocycles. The minimum Gasteiger partial charge on any atom is -0.493 e. The molecule has 1 fully saturated rings. The van der Waals surface area contributed by atoms with Crippen LogP contribution in [0, 0.1) is 0 Å². The van der Waals surface area contributed by atoms with Gasteiger partial charge in [0.1, 0.15) is 0 Å². The summed E-state index contributed by atoms with van der Waals surface area (Å²) in [6.45, 7) is 3.34. The lowest BCUT2D eigenvalue weighted by molar-refractivity contribution is 0.101. The van der Waals surface area contributed by atoms with Crippen LogP contribution in [0.25, 0.3) is 17.0 Å². The lowest BCUT2D eigenvalue weighted by atomic mass is 10.1. The van der Waals surface area contributed by atoms with Crippen molar-refractivity contribution in [1.82, 2.24) is 9.47 Å². The summed E-state index contributed by atoms with van der Waals surface area (Å²) in [7, 11) is 3.12. The largest absolute Gasteiger partial charge is 0.493 e. The number of methoxy groups -OCH3 is 2. The molecule has 1 aromatic heterocycles. The zero-order valence-electron chi connectivity index (χ0n) is 20.1. The third kappa shape index (κ3) is 5.69. The molecule has 0 saturated carbocycles. The maximum absolute atomic E-state index is 12.8. The number of aliphatic hydroxyl groups is 1. The quantitative estimate of drug-likeness (QED) is 0.366. The van der Waals surface area contributed by atoms with Crippen LogP contribution in [0.4, 0.5) is 0 Å². The Morgan fingerprint density at radius 1 is 1.00 bits per heavy atom. The summed E-state index contributed by atoms with van der Waals surface area (Å²) >= 11 is 0. The molecule has 0 radical (unpaired) electrons. The lowest BCUT2D eigenvalue weighted by Crippen LogP contribution is -2.35. The smallest absolute Gasteiger partial charge is 0.185 e. The van der Waals surface area contributed by atoms with E-state index in [0.29, 0.717) is 30.2 Å². The zero-order chi connectivity index (χ0) is 23.9. The highest BCUT2D eigenvalue weighted by atomic mass is 16.5. The van der Waals surface area contributed by atoms with Crippen LogP contribution in [0.2, 0.25) is 0 Å². The predicted octanol–water partition coefficient (Wildman–Crippen LogP) is 4.79. The third-order valence-corrected chi connectivity index (χ3v) is 6.48. The number of fused-ring (bicyclic) bond motifs is 1. The number of nitrogens with zero attached hydrogens (tertiary/aromatic N) is 2. The molecule has 1 N–H and O–H groups in total. The van der Waals surface area contributed by atoms with Crippen molar-refractivity contribution in [2.75, 3.05) is 33.9 Å². The van der Waals surface area contributed by atoms with Crippen LogP contribution in [0.1, 0.15) is 41.6 Å². The number of allylic oxidation sites excluding steroid dienone is 1. The molecule has 1 saturated heterocycles. The molecule has 34 heavy (non-hydrogen) atoms. The molecule has 2 heterocycles. The maximum atomic E-state index is 12.8. The molecule has 1 aliphatic rings. The first kappa shape index (κ1) is 24.0. The fourth-order valence-corrected chi connectivity index (χ4v) is 4.71. The van der Waals surface area contributed by atoms with E-state index >= 15 is 0 Å². The summed E-state index contributed by atoms with van der Waals surface area (Å²) in [4.78, 5) is 15.2. The van der Waals surface area contributed by atoms with E-state index < -0.39 is 6.10 Å². The van der Waals surface area contributed by atoms with Gasteiger partial charge in [0.25, 0.3) is 0 Å². The van der Waals surface area contributed by atoms with E-state index in [1.165, 1.54) is 25.7 Å². The molecular formula is C28H34N2O4. The van der Waals surface area contributed by atoms with Gasteiger partial charge in [0, 0.05) is 41.3 Å². The second-order valence-electron chi connectivity index (χ2n) is 8.89. The zero-order valence-corrected chi connectivity index (χ0v) is 20.1. The summed E-state index contributed by atoms with van der Waals surface area (Å²) in [6, 6.07) is 13.3. The van der Waals surface area contributed by atoms with Crippen LogP contribution in [-0.4, -0.2) is 60.3 Å². The first-order chi connectivity index (χ1) is 16.6. The number of hydrogen-bond donors (Lipinski definition) is 1. The summed E-state index contributed by atoms with van der Waals surface area (Å²) in [5, 5.41) is 11.9. The van der Waals surface area contributed by atoms with Crippen molar-refractivity contribution < 1.29 is 19.4 Å². The first-order valence-corrected chi connectivity index (χ1v) is 12.0. The number of benzene rings is 2. The standard InChI is InChI=1S/C28H34N2O4/c1-33-27-14-12-21(17-28(27)34-2)26(32)13-11-22-18-30(25-10-6-5-9-24(22)25)20-23(31)19-29-15-7-3-4-8-16-29/h5-6,9-14,17-18,23,31H,3-4,7-8,15-16,19-20H2,1-2H3/b13-11+/t23-/m0/s1. The molecule has 0 unspecified atom stereocenters. The molecule has 4 rings (SSSR count). The van der Waals surface area contributed by atoms with E-state index in [1.54, 1.807) is 38.5 Å². The minimum atomic E-state index is -0.445. The van der Waals surface area contributed by atoms with Gasteiger partial charge in [-0.2, -0.15) is 0 Å². The molecule has 6 heteroatoms. The highest BCUT2D eigenvalue weighted by molar-refractivity contribution is 6.08. The van der Waals surface area contributed by atoms with Gasteiger partial charge in [-0.25, -0.2) is 0 Å². The van der Waals surface area contributed by atoms with Crippen molar-refractivity contribution in [3.63, 3.8) is 0 Å². The number of ether oxygens (including phenoxy) is 2. The van der Waals surface area contributed by atoms with Crippen molar-refractivity contribution in [2.45, 2.75) is 38.3 Å². The molecule has 180 valence electrons. The molecule has 0 amide bonds. The number of carbonyl (C=O) groups excluding carboxylic acids is 1. The second-order valence-corrected chi connectivity index (χ2v) is 8.89. The van der Waals surface area contributed by atoms with Gasteiger partial charge >= 0.3 is 0 Å². The van der Waals surface area contributed by atoms with Crippen LogP contribution in [-0.2, 0) is 6.54 Å². The van der Waals surface area contributed by atoms with Crippen molar-refractivity contribution >= 4 is 22.8 Å². The van der Waals surface area contributed by atoms with E-state index in [9.17, 15) is 9.90 Å². The van der Waals surface area contributed by atoms with Crippen LogP contribution in [0.15, 0.2) is 54.7 Å². The molecule has 0 aliphatic carbocycles. The summed E-state index contributed by atoms with van der Waals surface area (Å²) < 4.78 is 12.7. The Morgan fingerprint density at radius 2 is 1.74 bits per heavy atom. The number of β-amino-alcohol motifs (C(OH)–C–C–N with tert-alkyl or cyclic N) is 1. The lowest BCUT2D eigenvalue weighted by Gasteiger charge is -2.23. The summed E-state index contributed by atoms with van der Waals surface area (Å²) in [5.41, 5.74) is 2.53. The van der Waals surface area contributed by atoms with Crippen LogP contribution < -0.4 is 9.47 Å². The number of likely N-dealkylation sites (tertiary alicyclic amines) is 1. The molecule has 2 aromatic carbocycles. The molecule has 0 spiro atoms. The van der Waals surface area contributed by atoms with Gasteiger partial charge in [-0.05, 0) is 62.3 Å². The average Bonchev–Trinajstić information content (AvgIpc) is 3.01. The Labute approximate surface area is 201 Å². The number of rotatable bonds is 9. The van der Waals surface area contributed by atoms with E-state index in [0.717, 1.165) is 29.6 Å². The Bertz CT molecular complexity index is 1140.